The zero-order valence-electron chi connectivity index (χ0n) is 12.8. The number of aliphatic hydroxyl groups excluding tert-OH is 1. The van der Waals surface area contributed by atoms with Gasteiger partial charge < -0.3 is 10.4 Å². The topological polar surface area (TPSA) is 65.5 Å². The summed E-state index contributed by atoms with van der Waals surface area (Å²) in [5, 5.41) is 12.6. The van der Waals surface area contributed by atoms with Crippen molar-refractivity contribution in [2.75, 3.05) is 25.0 Å². The molecule has 122 valence electrons. The quantitative estimate of drug-likeness (QED) is 0.779. The lowest BCUT2D eigenvalue weighted by molar-refractivity contribution is -0.116. The van der Waals surface area contributed by atoms with Crippen LogP contribution in [0.25, 0.3) is 0 Å². The van der Waals surface area contributed by atoms with E-state index < -0.39 is 0 Å². The van der Waals surface area contributed by atoms with Crippen molar-refractivity contribution >= 4 is 23.2 Å². The van der Waals surface area contributed by atoms with Gasteiger partial charge in [0.15, 0.2) is 0 Å². The van der Waals surface area contributed by atoms with Gasteiger partial charge in [0.1, 0.15) is 0 Å². The van der Waals surface area contributed by atoms with E-state index in [1.54, 1.807) is 36.7 Å². The SMILES string of the molecule is O=C(CCN(CCO)Cc1cccnc1)Nc1cccc(Cl)c1. The monoisotopic (exact) mass is 333 g/mol. The fourth-order valence-electron chi connectivity index (χ4n) is 2.21. The van der Waals surface area contributed by atoms with E-state index in [1.165, 1.54) is 0 Å². The van der Waals surface area contributed by atoms with Crippen LogP contribution in [-0.4, -0.2) is 40.6 Å². The molecular formula is C17H20ClN3O2. The highest BCUT2D eigenvalue weighted by Gasteiger charge is 2.09. The number of nitrogens with one attached hydrogen (secondary N) is 1. The molecule has 0 unspecified atom stereocenters. The third kappa shape index (κ3) is 6.36. The number of hydrogen-bond acceptors (Lipinski definition) is 4. The first-order valence-corrected chi connectivity index (χ1v) is 7.82. The van der Waals surface area contributed by atoms with Crippen molar-refractivity contribution in [2.45, 2.75) is 13.0 Å². The normalized spacial score (nSPS) is 10.7. The molecule has 2 rings (SSSR count). The number of carbonyl (C=O) groups is 1. The Hall–Kier alpha value is -1.95. The predicted molar refractivity (Wildman–Crippen MR) is 91.3 cm³/mol. The Kier molecular flexibility index (Phi) is 7.00. The molecule has 0 saturated heterocycles. The van der Waals surface area contributed by atoms with E-state index in [-0.39, 0.29) is 12.5 Å². The molecule has 23 heavy (non-hydrogen) atoms. The molecule has 0 aliphatic rings. The zero-order valence-corrected chi connectivity index (χ0v) is 13.5. The largest absolute Gasteiger partial charge is 0.395 e. The average molecular weight is 334 g/mol. The van der Waals surface area contributed by atoms with Gasteiger partial charge in [0.2, 0.25) is 5.91 Å². The average Bonchev–Trinajstić information content (AvgIpc) is 2.54. The molecule has 0 fully saturated rings. The Morgan fingerprint density at radius 3 is 2.83 bits per heavy atom. The maximum Gasteiger partial charge on any atom is 0.225 e. The molecule has 0 spiro atoms. The third-order valence-corrected chi connectivity index (χ3v) is 3.54. The van der Waals surface area contributed by atoms with Crippen molar-refractivity contribution in [1.82, 2.24) is 9.88 Å². The summed E-state index contributed by atoms with van der Waals surface area (Å²) in [6.45, 7) is 1.77. The summed E-state index contributed by atoms with van der Waals surface area (Å²) in [6.07, 6.45) is 3.85. The van der Waals surface area contributed by atoms with Crippen LogP contribution in [0.1, 0.15) is 12.0 Å². The van der Waals surface area contributed by atoms with Gasteiger partial charge in [-0.05, 0) is 29.8 Å². The minimum Gasteiger partial charge on any atom is -0.395 e. The fourth-order valence-corrected chi connectivity index (χ4v) is 2.40. The van der Waals surface area contributed by atoms with Crippen LogP contribution in [0.15, 0.2) is 48.8 Å². The van der Waals surface area contributed by atoms with Gasteiger partial charge in [-0.1, -0.05) is 23.7 Å². The highest BCUT2D eigenvalue weighted by atomic mass is 35.5. The number of hydrogen-bond donors (Lipinski definition) is 2. The van der Waals surface area contributed by atoms with Gasteiger partial charge >= 0.3 is 0 Å². The van der Waals surface area contributed by atoms with Crippen LogP contribution in [0.5, 0.6) is 0 Å². The molecule has 0 aliphatic heterocycles. The first-order valence-electron chi connectivity index (χ1n) is 7.45. The summed E-state index contributed by atoms with van der Waals surface area (Å²) >= 11 is 5.89. The summed E-state index contributed by atoms with van der Waals surface area (Å²) in [4.78, 5) is 18.1. The van der Waals surface area contributed by atoms with Crippen LogP contribution in [0.4, 0.5) is 5.69 Å². The summed E-state index contributed by atoms with van der Waals surface area (Å²) in [5.74, 6) is -0.0820. The molecule has 1 aromatic carbocycles. The van der Waals surface area contributed by atoms with E-state index in [4.69, 9.17) is 11.6 Å². The summed E-state index contributed by atoms with van der Waals surface area (Å²) < 4.78 is 0. The number of aromatic nitrogens is 1. The summed E-state index contributed by atoms with van der Waals surface area (Å²) in [6, 6.07) is 10.9. The number of aliphatic hydroxyl groups is 1. The smallest absolute Gasteiger partial charge is 0.225 e. The number of benzene rings is 1. The van der Waals surface area contributed by atoms with Gasteiger partial charge in [0, 0.05) is 49.2 Å². The molecular weight excluding hydrogens is 314 g/mol. The molecule has 1 aromatic heterocycles. The molecule has 2 N–H and O–H groups in total. The molecule has 0 radical (unpaired) electrons. The van der Waals surface area contributed by atoms with E-state index >= 15 is 0 Å². The maximum atomic E-state index is 12.0. The van der Waals surface area contributed by atoms with Crippen LogP contribution in [0.2, 0.25) is 5.02 Å². The Morgan fingerprint density at radius 2 is 2.13 bits per heavy atom. The second-order valence-electron chi connectivity index (χ2n) is 5.17. The molecule has 6 heteroatoms. The standard InChI is InChI=1S/C17H20ClN3O2/c18-15-4-1-5-16(11-15)20-17(23)6-8-21(9-10-22)13-14-3-2-7-19-12-14/h1-5,7,11-12,22H,6,8-10,13H2,(H,20,23). The number of carbonyl (C=O) groups excluding carboxylic acids is 1. The van der Waals surface area contributed by atoms with Crippen molar-refractivity contribution in [2.24, 2.45) is 0 Å². The molecule has 5 nitrogen and oxygen atoms in total. The van der Waals surface area contributed by atoms with E-state index in [1.807, 2.05) is 17.0 Å². The second-order valence-corrected chi connectivity index (χ2v) is 5.61. The van der Waals surface area contributed by atoms with Crippen LogP contribution in [0.3, 0.4) is 0 Å². The lowest BCUT2D eigenvalue weighted by Crippen LogP contribution is -2.30. The Labute approximate surface area is 140 Å². The molecule has 0 bridgehead atoms. The number of rotatable bonds is 8. The lowest BCUT2D eigenvalue weighted by Gasteiger charge is -2.21. The second kappa shape index (κ2) is 9.25. The Bertz CT molecular complexity index is 622. The number of nitrogens with zero attached hydrogens (tertiary/aromatic N) is 2. The predicted octanol–water partition coefficient (Wildman–Crippen LogP) is 2.56. The molecule has 1 heterocycles. The first-order chi connectivity index (χ1) is 11.2. The van der Waals surface area contributed by atoms with Crippen molar-refractivity contribution in [3.05, 3.63) is 59.4 Å². The van der Waals surface area contributed by atoms with E-state index in [0.29, 0.717) is 36.8 Å². The minimum absolute atomic E-state index is 0.0518. The van der Waals surface area contributed by atoms with E-state index in [9.17, 15) is 9.90 Å². The number of halogens is 1. The molecule has 0 aliphatic carbocycles. The van der Waals surface area contributed by atoms with Crippen LogP contribution in [0, 0.1) is 0 Å². The number of amides is 1. The van der Waals surface area contributed by atoms with Gasteiger partial charge in [-0.15, -0.1) is 0 Å². The van der Waals surface area contributed by atoms with Gasteiger partial charge in [-0.25, -0.2) is 0 Å². The van der Waals surface area contributed by atoms with Crippen molar-refractivity contribution in [3.63, 3.8) is 0 Å². The lowest BCUT2D eigenvalue weighted by atomic mass is 10.2. The van der Waals surface area contributed by atoms with E-state index in [2.05, 4.69) is 10.3 Å². The Balaban J connectivity index is 1.84. The van der Waals surface area contributed by atoms with Crippen molar-refractivity contribution in [1.29, 1.82) is 0 Å². The van der Waals surface area contributed by atoms with Gasteiger partial charge in [0.25, 0.3) is 0 Å². The zero-order chi connectivity index (χ0) is 16.5. The third-order valence-electron chi connectivity index (χ3n) is 3.31. The van der Waals surface area contributed by atoms with Crippen LogP contribution < -0.4 is 5.32 Å². The minimum atomic E-state index is -0.0820. The highest BCUT2D eigenvalue weighted by Crippen LogP contribution is 2.15. The fraction of sp³-hybridized carbons (Fsp3) is 0.294. The molecule has 0 saturated carbocycles. The Morgan fingerprint density at radius 1 is 1.26 bits per heavy atom. The number of anilines is 1. The van der Waals surface area contributed by atoms with Crippen molar-refractivity contribution in [3.8, 4) is 0 Å². The molecule has 2 aromatic rings. The van der Waals surface area contributed by atoms with Crippen LogP contribution in [-0.2, 0) is 11.3 Å². The number of pyridine rings is 1. The first kappa shape index (κ1) is 17.4. The van der Waals surface area contributed by atoms with Gasteiger partial charge in [-0.2, -0.15) is 0 Å². The molecule has 1 amide bonds. The maximum absolute atomic E-state index is 12.0. The van der Waals surface area contributed by atoms with Gasteiger partial charge in [0.05, 0.1) is 6.61 Å². The summed E-state index contributed by atoms with van der Waals surface area (Å²) in [5.41, 5.74) is 1.74. The summed E-state index contributed by atoms with van der Waals surface area (Å²) in [7, 11) is 0. The highest BCUT2D eigenvalue weighted by molar-refractivity contribution is 6.30. The van der Waals surface area contributed by atoms with E-state index in [0.717, 1.165) is 5.56 Å². The van der Waals surface area contributed by atoms with Crippen LogP contribution >= 0.6 is 11.6 Å². The van der Waals surface area contributed by atoms with Crippen molar-refractivity contribution < 1.29 is 9.90 Å². The van der Waals surface area contributed by atoms with Gasteiger partial charge in [-0.3, -0.25) is 14.7 Å². The molecule has 0 atom stereocenters.